The minimum atomic E-state index is -4.28. The van der Waals surface area contributed by atoms with Crippen molar-refractivity contribution in [2.24, 2.45) is 0 Å². The van der Waals surface area contributed by atoms with Crippen molar-refractivity contribution >= 4 is 13.3 Å². The van der Waals surface area contributed by atoms with Gasteiger partial charge in [-0.15, -0.1) is 0 Å². The maximum atomic E-state index is 12.5. The van der Waals surface area contributed by atoms with Gasteiger partial charge in [-0.25, -0.2) is 0 Å². The van der Waals surface area contributed by atoms with E-state index in [-0.39, 0.29) is 0 Å². The van der Waals surface area contributed by atoms with Gasteiger partial charge in [-0.1, -0.05) is 61.2 Å². The molecule has 4 heteroatoms. The monoisotopic (exact) mass is 294 g/mol. The second-order valence-electron chi connectivity index (χ2n) is 5.91. The van der Waals surface area contributed by atoms with Crippen molar-refractivity contribution in [1.29, 1.82) is 0 Å². The molecule has 0 aliphatic carbocycles. The minimum Gasteiger partial charge on any atom is -0.166 e. The Bertz CT molecular complexity index is 592. The van der Waals surface area contributed by atoms with Crippen molar-refractivity contribution in [3.63, 3.8) is 0 Å². The number of hydrogen-bond acceptors (Lipinski definition) is 0. The topological polar surface area (TPSA) is 0 Å². The molecule has 0 saturated heterocycles. The third-order valence-electron chi connectivity index (χ3n) is 3.27. The summed E-state index contributed by atoms with van der Waals surface area (Å²) in [7, 11) is -1.42. The van der Waals surface area contributed by atoms with Crippen LogP contribution >= 0.6 is 0 Å². The van der Waals surface area contributed by atoms with Gasteiger partial charge in [0.2, 0.25) is 0 Å². The summed E-state index contributed by atoms with van der Waals surface area (Å²) >= 11 is 0. The molecule has 0 amide bonds. The van der Waals surface area contributed by atoms with Crippen LogP contribution < -0.4 is 5.19 Å². The minimum absolute atomic E-state index is 0.609. The zero-order valence-electron chi connectivity index (χ0n) is 11.8. The first-order valence-corrected chi connectivity index (χ1v) is 9.96. The molecule has 0 N–H and O–H groups in total. The van der Waals surface area contributed by atoms with Crippen LogP contribution in [-0.2, 0) is 6.18 Å². The van der Waals surface area contributed by atoms with Crippen molar-refractivity contribution in [1.82, 2.24) is 0 Å². The number of benzene rings is 2. The van der Waals surface area contributed by atoms with Gasteiger partial charge in [0.05, 0.1) is 13.6 Å². The first-order chi connectivity index (χ1) is 9.18. The maximum absolute atomic E-state index is 12.5. The fraction of sp³-hybridized carbons (Fsp3) is 0.250. The Morgan fingerprint density at radius 3 is 1.90 bits per heavy atom. The van der Waals surface area contributed by atoms with E-state index in [1.807, 2.05) is 12.1 Å². The van der Waals surface area contributed by atoms with Crippen LogP contribution in [0.5, 0.6) is 0 Å². The highest BCUT2D eigenvalue weighted by Gasteiger charge is 2.30. The Kier molecular flexibility index (Phi) is 3.78. The second kappa shape index (κ2) is 5.09. The summed E-state index contributed by atoms with van der Waals surface area (Å²) in [5.41, 5.74) is 1.18. The predicted molar refractivity (Wildman–Crippen MR) is 79.9 cm³/mol. The molecule has 0 heterocycles. The zero-order chi connectivity index (χ0) is 15.0. The smallest absolute Gasteiger partial charge is 0.166 e. The number of rotatable bonds is 2. The molecule has 0 fully saturated rings. The van der Waals surface area contributed by atoms with E-state index in [9.17, 15) is 13.2 Å². The molecule has 2 rings (SSSR count). The van der Waals surface area contributed by atoms with Gasteiger partial charge in [0.1, 0.15) is 0 Å². The number of alkyl halides is 3. The van der Waals surface area contributed by atoms with Gasteiger partial charge < -0.3 is 0 Å². The summed E-state index contributed by atoms with van der Waals surface area (Å²) in [4.78, 5) is 0. The van der Waals surface area contributed by atoms with E-state index in [0.29, 0.717) is 0 Å². The van der Waals surface area contributed by atoms with Crippen LogP contribution in [0, 0.1) is 0 Å². The van der Waals surface area contributed by atoms with Crippen LogP contribution in [0.2, 0.25) is 19.6 Å². The van der Waals surface area contributed by atoms with Gasteiger partial charge in [-0.3, -0.25) is 0 Å². The van der Waals surface area contributed by atoms with Gasteiger partial charge in [0.25, 0.3) is 0 Å². The fourth-order valence-electron chi connectivity index (χ4n) is 2.02. The van der Waals surface area contributed by atoms with Gasteiger partial charge in [-0.05, 0) is 23.3 Å². The highest BCUT2D eigenvalue weighted by atomic mass is 28.3. The Labute approximate surface area is 118 Å². The quantitative estimate of drug-likeness (QED) is 0.690. The first kappa shape index (κ1) is 14.8. The van der Waals surface area contributed by atoms with E-state index in [1.165, 1.54) is 17.3 Å². The van der Waals surface area contributed by atoms with Gasteiger partial charge in [0, 0.05) is 0 Å². The van der Waals surface area contributed by atoms with Crippen molar-refractivity contribution in [2.75, 3.05) is 0 Å². The summed E-state index contributed by atoms with van der Waals surface area (Å²) in [6, 6.07) is 13.4. The molecule has 0 spiro atoms. The van der Waals surface area contributed by atoms with Crippen LogP contribution in [0.3, 0.4) is 0 Å². The normalized spacial score (nSPS) is 12.5. The molecule has 106 valence electrons. The van der Waals surface area contributed by atoms with E-state index in [1.54, 1.807) is 0 Å². The lowest BCUT2D eigenvalue weighted by atomic mass is 10.0. The molecule has 0 saturated carbocycles. The SMILES string of the molecule is C[Si](C)(C)c1cccc(-c2ccc(C(F)(F)F)cc2)c1. The van der Waals surface area contributed by atoms with Crippen LogP contribution in [0.25, 0.3) is 11.1 Å². The molecule has 2 aromatic rings. The Balaban J connectivity index is 2.38. The van der Waals surface area contributed by atoms with E-state index in [2.05, 4.69) is 31.8 Å². The van der Waals surface area contributed by atoms with E-state index < -0.39 is 19.8 Å². The summed E-state index contributed by atoms with van der Waals surface area (Å²) in [5.74, 6) is 0. The molecular weight excluding hydrogens is 277 g/mol. The van der Waals surface area contributed by atoms with E-state index in [4.69, 9.17) is 0 Å². The third-order valence-corrected chi connectivity index (χ3v) is 5.32. The largest absolute Gasteiger partial charge is 0.416 e. The molecule has 0 radical (unpaired) electrons. The molecule has 0 aliphatic heterocycles. The Hall–Kier alpha value is -1.55. The van der Waals surface area contributed by atoms with E-state index in [0.717, 1.165) is 23.3 Å². The van der Waals surface area contributed by atoms with Gasteiger partial charge in [-0.2, -0.15) is 13.2 Å². The van der Waals surface area contributed by atoms with Crippen LogP contribution in [-0.4, -0.2) is 8.07 Å². The molecule has 0 bridgehead atoms. The molecule has 2 aromatic carbocycles. The lowest BCUT2D eigenvalue weighted by Crippen LogP contribution is -2.37. The average molecular weight is 294 g/mol. The van der Waals surface area contributed by atoms with Crippen molar-refractivity contribution in [3.05, 3.63) is 54.1 Å². The molecule has 0 nitrogen and oxygen atoms in total. The highest BCUT2D eigenvalue weighted by molar-refractivity contribution is 6.88. The summed E-state index contributed by atoms with van der Waals surface area (Å²) in [6.45, 7) is 6.75. The molecule has 0 aliphatic rings. The molecule has 0 atom stereocenters. The van der Waals surface area contributed by atoms with Crippen LogP contribution in [0.4, 0.5) is 13.2 Å². The predicted octanol–water partition coefficient (Wildman–Crippen LogP) is 4.92. The van der Waals surface area contributed by atoms with Crippen molar-refractivity contribution in [2.45, 2.75) is 25.8 Å². The zero-order valence-corrected chi connectivity index (χ0v) is 12.8. The summed E-state index contributed by atoms with van der Waals surface area (Å²) < 4.78 is 37.6. The maximum Gasteiger partial charge on any atom is 0.416 e. The average Bonchev–Trinajstić information content (AvgIpc) is 2.37. The molecule has 0 aromatic heterocycles. The van der Waals surface area contributed by atoms with Crippen LogP contribution in [0.15, 0.2) is 48.5 Å². The Morgan fingerprint density at radius 2 is 1.40 bits per heavy atom. The van der Waals surface area contributed by atoms with Crippen molar-refractivity contribution in [3.8, 4) is 11.1 Å². The second-order valence-corrected chi connectivity index (χ2v) is 11.0. The summed E-state index contributed by atoms with van der Waals surface area (Å²) in [5, 5.41) is 1.30. The highest BCUT2D eigenvalue weighted by Crippen LogP contribution is 2.30. The Morgan fingerprint density at radius 1 is 0.800 bits per heavy atom. The number of hydrogen-bond donors (Lipinski definition) is 0. The standard InChI is InChI=1S/C16H17F3Si/c1-20(2,3)15-6-4-5-13(11-15)12-7-9-14(10-8-12)16(17,18)19/h4-11H,1-3H3. The van der Waals surface area contributed by atoms with Gasteiger partial charge >= 0.3 is 6.18 Å². The summed E-state index contributed by atoms with van der Waals surface area (Å²) in [6.07, 6.45) is -4.28. The van der Waals surface area contributed by atoms with Gasteiger partial charge in [0.15, 0.2) is 0 Å². The third kappa shape index (κ3) is 3.31. The van der Waals surface area contributed by atoms with Crippen LogP contribution in [0.1, 0.15) is 5.56 Å². The first-order valence-electron chi connectivity index (χ1n) is 6.46. The molecule has 0 unspecified atom stereocenters. The number of halogens is 3. The molecule has 20 heavy (non-hydrogen) atoms. The lowest BCUT2D eigenvalue weighted by molar-refractivity contribution is -0.137. The van der Waals surface area contributed by atoms with Crippen molar-refractivity contribution < 1.29 is 13.2 Å². The van der Waals surface area contributed by atoms with E-state index >= 15 is 0 Å². The molecular formula is C16H17F3Si. The lowest BCUT2D eigenvalue weighted by Gasteiger charge is -2.17. The fourth-order valence-corrected chi connectivity index (χ4v) is 3.20.